The third-order valence-electron chi connectivity index (χ3n) is 2.81. The van der Waals surface area contributed by atoms with Crippen LogP contribution < -0.4 is 16.4 Å². The first-order chi connectivity index (χ1) is 7.90. The predicted octanol–water partition coefficient (Wildman–Crippen LogP) is 0.248. The van der Waals surface area contributed by atoms with Crippen LogP contribution in [0.15, 0.2) is 0 Å². The standard InChI is InChI=1S/C12H25N3O2/c1-5-9(4)10(13)12(17)15-7-6-14-11(16)8(2)3/h8-10H,5-7,13H2,1-4H3,(H,14,16)(H,15,17)/t9?,10-/m0/s1. The summed E-state index contributed by atoms with van der Waals surface area (Å²) in [7, 11) is 0. The van der Waals surface area contributed by atoms with E-state index in [-0.39, 0.29) is 23.7 Å². The number of hydrogen-bond donors (Lipinski definition) is 3. The van der Waals surface area contributed by atoms with Crippen molar-refractivity contribution in [3.05, 3.63) is 0 Å². The molecule has 2 atom stereocenters. The number of carbonyl (C=O) groups is 2. The van der Waals surface area contributed by atoms with Gasteiger partial charge in [0.2, 0.25) is 11.8 Å². The van der Waals surface area contributed by atoms with Crippen molar-refractivity contribution in [2.24, 2.45) is 17.6 Å². The molecule has 2 amide bonds. The summed E-state index contributed by atoms with van der Waals surface area (Å²) >= 11 is 0. The Labute approximate surface area is 104 Å². The molecule has 100 valence electrons. The Morgan fingerprint density at radius 1 is 1.06 bits per heavy atom. The second-order valence-electron chi connectivity index (χ2n) is 4.65. The highest BCUT2D eigenvalue weighted by Gasteiger charge is 2.18. The topological polar surface area (TPSA) is 84.2 Å². The van der Waals surface area contributed by atoms with Crippen LogP contribution in [0.1, 0.15) is 34.1 Å². The van der Waals surface area contributed by atoms with Crippen molar-refractivity contribution in [1.29, 1.82) is 0 Å². The molecule has 17 heavy (non-hydrogen) atoms. The van der Waals surface area contributed by atoms with Gasteiger partial charge in [-0.05, 0) is 5.92 Å². The van der Waals surface area contributed by atoms with E-state index in [1.807, 2.05) is 27.7 Å². The van der Waals surface area contributed by atoms with Crippen molar-refractivity contribution >= 4 is 11.8 Å². The number of amides is 2. The van der Waals surface area contributed by atoms with Crippen molar-refractivity contribution in [1.82, 2.24) is 10.6 Å². The van der Waals surface area contributed by atoms with E-state index in [9.17, 15) is 9.59 Å². The molecule has 0 aromatic rings. The Morgan fingerprint density at radius 2 is 1.53 bits per heavy atom. The summed E-state index contributed by atoms with van der Waals surface area (Å²) in [5, 5.41) is 5.44. The van der Waals surface area contributed by atoms with Gasteiger partial charge in [0.15, 0.2) is 0 Å². The molecule has 0 spiro atoms. The largest absolute Gasteiger partial charge is 0.354 e. The van der Waals surface area contributed by atoms with Crippen LogP contribution in [0.5, 0.6) is 0 Å². The first-order valence-corrected chi connectivity index (χ1v) is 6.21. The van der Waals surface area contributed by atoms with Gasteiger partial charge in [-0.25, -0.2) is 0 Å². The minimum atomic E-state index is -0.471. The summed E-state index contributed by atoms with van der Waals surface area (Å²) in [5.41, 5.74) is 5.76. The summed E-state index contributed by atoms with van der Waals surface area (Å²) < 4.78 is 0. The van der Waals surface area contributed by atoms with Crippen molar-refractivity contribution in [2.45, 2.75) is 40.2 Å². The van der Waals surface area contributed by atoms with Crippen LogP contribution in [-0.2, 0) is 9.59 Å². The number of hydrogen-bond acceptors (Lipinski definition) is 3. The highest BCUT2D eigenvalue weighted by molar-refractivity contribution is 5.82. The fraction of sp³-hybridized carbons (Fsp3) is 0.833. The maximum atomic E-state index is 11.6. The second kappa shape index (κ2) is 8.06. The summed E-state index contributed by atoms with van der Waals surface area (Å²) in [6.45, 7) is 8.46. The molecule has 0 aliphatic heterocycles. The highest BCUT2D eigenvalue weighted by Crippen LogP contribution is 2.04. The lowest BCUT2D eigenvalue weighted by Crippen LogP contribution is -2.46. The molecule has 0 heterocycles. The van der Waals surface area contributed by atoms with E-state index in [2.05, 4.69) is 10.6 Å². The van der Waals surface area contributed by atoms with Gasteiger partial charge in [0, 0.05) is 19.0 Å². The lowest BCUT2D eigenvalue weighted by Gasteiger charge is -2.17. The van der Waals surface area contributed by atoms with Gasteiger partial charge < -0.3 is 16.4 Å². The van der Waals surface area contributed by atoms with E-state index in [4.69, 9.17) is 5.73 Å². The van der Waals surface area contributed by atoms with Crippen LogP contribution in [0.25, 0.3) is 0 Å². The molecule has 0 bridgehead atoms. The zero-order valence-electron chi connectivity index (χ0n) is 11.2. The molecule has 0 fully saturated rings. The Bertz CT molecular complexity index is 254. The smallest absolute Gasteiger partial charge is 0.237 e. The van der Waals surface area contributed by atoms with E-state index in [1.165, 1.54) is 0 Å². The van der Waals surface area contributed by atoms with Gasteiger partial charge in [-0.3, -0.25) is 9.59 Å². The number of nitrogens with one attached hydrogen (secondary N) is 2. The second-order valence-corrected chi connectivity index (χ2v) is 4.65. The molecule has 0 aromatic carbocycles. The molecule has 5 heteroatoms. The van der Waals surface area contributed by atoms with Crippen molar-refractivity contribution < 1.29 is 9.59 Å². The minimum Gasteiger partial charge on any atom is -0.354 e. The number of rotatable bonds is 7. The Morgan fingerprint density at radius 3 is 1.94 bits per heavy atom. The van der Waals surface area contributed by atoms with Gasteiger partial charge in [0.05, 0.1) is 6.04 Å². The molecule has 5 nitrogen and oxygen atoms in total. The molecule has 0 aliphatic rings. The molecule has 1 unspecified atom stereocenters. The number of carbonyl (C=O) groups excluding carboxylic acids is 2. The van der Waals surface area contributed by atoms with E-state index in [1.54, 1.807) is 0 Å². The first kappa shape index (κ1) is 15.9. The van der Waals surface area contributed by atoms with Crippen LogP contribution in [0.4, 0.5) is 0 Å². The molecule has 0 saturated carbocycles. The van der Waals surface area contributed by atoms with Gasteiger partial charge in [-0.2, -0.15) is 0 Å². The van der Waals surface area contributed by atoms with Gasteiger partial charge in [0.25, 0.3) is 0 Å². The molecule has 4 N–H and O–H groups in total. The molecule has 0 radical (unpaired) electrons. The summed E-state index contributed by atoms with van der Waals surface area (Å²) in [6, 6.07) is -0.471. The highest BCUT2D eigenvalue weighted by atomic mass is 16.2. The zero-order chi connectivity index (χ0) is 13.4. The van der Waals surface area contributed by atoms with Gasteiger partial charge in [-0.1, -0.05) is 34.1 Å². The lowest BCUT2D eigenvalue weighted by atomic mass is 9.99. The molecule has 0 aromatic heterocycles. The van der Waals surface area contributed by atoms with Gasteiger partial charge in [0.1, 0.15) is 0 Å². The summed E-state index contributed by atoms with van der Waals surface area (Å²) in [5.74, 6) is -0.0306. The van der Waals surface area contributed by atoms with E-state index < -0.39 is 6.04 Å². The van der Waals surface area contributed by atoms with Gasteiger partial charge in [-0.15, -0.1) is 0 Å². The molecule has 0 rings (SSSR count). The van der Waals surface area contributed by atoms with Crippen LogP contribution in [0, 0.1) is 11.8 Å². The van der Waals surface area contributed by atoms with Crippen molar-refractivity contribution in [3.8, 4) is 0 Å². The average Bonchev–Trinajstić information content (AvgIpc) is 2.31. The van der Waals surface area contributed by atoms with Crippen LogP contribution in [0.3, 0.4) is 0 Å². The zero-order valence-corrected chi connectivity index (χ0v) is 11.2. The predicted molar refractivity (Wildman–Crippen MR) is 68.3 cm³/mol. The lowest BCUT2D eigenvalue weighted by molar-refractivity contribution is -0.125. The van der Waals surface area contributed by atoms with E-state index >= 15 is 0 Å². The minimum absolute atomic E-state index is 0.00882. The van der Waals surface area contributed by atoms with E-state index in [0.717, 1.165) is 6.42 Å². The fourth-order valence-electron chi connectivity index (χ4n) is 1.21. The molecule has 0 aliphatic carbocycles. The summed E-state index contributed by atoms with van der Waals surface area (Å²) in [4.78, 5) is 22.8. The monoisotopic (exact) mass is 243 g/mol. The molecular formula is C12H25N3O2. The summed E-state index contributed by atoms with van der Waals surface area (Å²) in [6.07, 6.45) is 0.874. The Kier molecular flexibility index (Phi) is 7.54. The van der Waals surface area contributed by atoms with Crippen LogP contribution in [0.2, 0.25) is 0 Å². The van der Waals surface area contributed by atoms with Crippen molar-refractivity contribution in [3.63, 3.8) is 0 Å². The first-order valence-electron chi connectivity index (χ1n) is 6.21. The SMILES string of the molecule is CCC(C)[C@H](N)C(=O)NCCNC(=O)C(C)C. The number of nitrogens with two attached hydrogens (primary N) is 1. The Balaban J connectivity index is 3.75. The van der Waals surface area contributed by atoms with Crippen LogP contribution >= 0.6 is 0 Å². The van der Waals surface area contributed by atoms with Crippen LogP contribution in [-0.4, -0.2) is 30.9 Å². The third kappa shape index (κ3) is 6.26. The maximum absolute atomic E-state index is 11.6. The maximum Gasteiger partial charge on any atom is 0.237 e. The Hall–Kier alpha value is -1.10. The fourth-order valence-corrected chi connectivity index (χ4v) is 1.21. The molecular weight excluding hydrogens is 218 g/mol. The van der Waals surface area contributed by atoms with E-state index in [0.29, 0.717) is 13.1 Å². The molecule has 0 saturated heterocycles. The van der Waals surface area contributed by atoms with Gasteiger partial charge >= 0.3 is 0 Å². The average molecular weight is 243 g/mol. The van der Waals surface area contributed by atoms with Crippen molar-refractivity contribution in [2.75, 3.05) is 13.1 Å². The normalized spacial score (nSPS) is 14.2. The quantitative estimate of drug-likeness (QED) is 0.560. The third-order valence-corrected chi connectivity index (χ3v) is 2.81.